The Bertz CT molecular complexity index is 316. The van der Waals surface area contributed by atoms with Crippen LogP contribution in [0.5, 0.6) is 0 Å². The standard InChI is InChI=1S/C13H18F2O/c1-9(2)6-10(8-16)7-11-12(14)4-3-5-13(11)15/h3-5,9-10,16H,6-8H2,1-2H3. The van der Waals surface area contributed by atoms with Crippen molar-refractivity contribution in [3.8, 4) is 0 Å². The molecular formula is C13H18F2O. The average Bonchev–Trinajstić information content (AvgIpc) is 2.21. The molecule has 0 radical (unpaired) electrons. The van der Waals surface area contributed by atoms with Crippen LogP contribution >= 0.6 is 0 Å². The normalized spacial score (nSPS) is 13.1. The number of halogens is 2. The number of hydrogen-bond acceptors (Lipinski definition) is 1. The monoisotopic (exact) mass is 228 g/mol. The second kappa shape index (κ2) is 5.94. The molecular weight excluding hydrogens is 210 g/mol. The summed E-state index contributed by atoms with van der Waals surface area (Å²) in [6.45, 7) is 4.02. The molecule has 0 fully saturated rings. The van der Waals surface area contributed by atoms with E-state index < -0.39 is 11.6 Å². The summed E-state index contributed by atoms with van der Waals surface area (Å²) in [6.07, 6.45) is 1.03. The molecule has 1 atom stereocenters. The zero-order valence-corrected chi connectivity index (χ0v) is 9.71. The summed E-state index contributed by atoms with van der Waals surface area (Å²) >= 11 is 0. The fourth-order valence-corrected chi connectivity index (χ4v) is 1.91. The predicted molar refractivity (Wildman–Crippen MR) is 60.1 cm³/mol. The zero-order chi connectivity index (χ0) is 12.1. The summed E-state index contributed by atoms with van der Waals surface area (Å²) in [5, 5.41) is 9.17. The highest BCUT2D eigenvalue weighted by Crippen LogP contribution is 2.21. The lowest BCUT2D eigenvalue weighted by Gasteiger charge is -2.17. The molecule has 0 spiro atoms. The zero-order valence-electron chi connectivity index (χ0n) is 9.71. The fourth-order valence-electron chi connectivity index (χ4n) is 1.91. The van der Waals surface area contributed by atoms with Crippen LogP contribution in [0.2, 0.25) is 0 Å². The van der Waals surface area contributed by atoms with Crippen LogP contribution in [-0.2, 0) is 6.42 Å². The van der Waals surface area contributed by atoms with Gasteiger partial charge >= 0.3 is 0 Å². The molecule has 1 aromatic carbocycles. The first-order chi connectivity index (χ1) is 7.54. The van der Waals surface area contributed by atoms with Crippen molar-refractivity contribution in [1.29, 1.82) is 0 Å². The number of hydrogen-bond donors (Lipinski definition) is 1. The van der Waals surface area contributed by atoms with E-state index in [1.54, 1.807) is 0 Å². The number of aliphatic hydroxyl groups is 1. The van der Waals surface area contributed by atoms with Crippen molar-refractivity contribution >= 4 is 0 Å². The first kappa shape index (κ1) is 13.1. The van der Waals surface area contributed by atoms with E-state index in [9.17, 15) is 13.9 Å². The van der Waals surface area contributed by atoms with E-state index in [2.05, 4.69) is 0 Å². The molecule has 90 valence electrons. The van der Waals surface area contributed by atoms with Gasteiger partial charge in [0.25, 0.3) is 0 Å². The van der Waals surface area contributed by atoms with Crippen LogP contribution in [0.15, 0.2) is 18.2 Å². The molecule has 0 aromatic heterocycles. The van der Waals surface area contributed by atoms with Gasteiger partial charge < -0.3 is 5.11 Å². The Morgan fingerprint density at radius 1 is 1.19 bits per heavy atom. The van der Waals surface area contributed by atoms with E-state index in [1.165, 1.54) is 18.2 Å². The second-order valence-electron chi connectivity index (χ2n) is 4.58. The smallest absolute Gasteiger partial charge is 0.129 e. The predicted octanol–water partition coefficient (Wildman–Crippen LogP) is 3.16. The third-order valence-corrected chi connectivity index (χ3v) is 2.62. The van der Waals surface area contributed by atoms with Crippen molar-refractivity contribution in [1.82, 2.24) is 0 Å². The highest BCUT2D eigenvalue weighted by molar-refractivity contribution is 5.20. The molecule has 0 bridgehead atoms. The van der Waals surface area contributed by atoms with Crippen LogP contribution in [0.25, 0.3) is 0 Å². The van der Waals surface area contributed by atoms with Gasteiger partial charge in [0.2, 0.25) is 0 Å². The van der Waals surface area contributed by atoms with Gasteiger partial charge in [0.1, 0.15) is 11.6 Å². The van der Waals surface area contributed by atoms with Crippen molar-refractivity contribution in [2.24, 2.45) is 11.8 Å². The first-order valence-corrected chi connectivity index (χ1v) is 5.58. The van der Waals surface area contributed by atoms with Crippen molar-refractivity contribution in [2.75, 3.05) is 6.61 Å². The summed E-state index contributed by atoms with van der Waals surface area (Å²) in [5.74, 6) is -0.720. The number of rotatable bonds is 5. The molecule has 0 saturated heterocycles. The van der Waals surface area contributed by atoms with Crippen LogP contribution in [-0.4, -0.2) is 11.7 Å². The Hall–Kier alpha value is -0.960. The fraction of sp³-hybridized carbons (Fsp3) is 0.538. The maximum Gasteiger partial charge on any atom is 0.129 e. The van der Waals surface area contributed by atoms with Crippen molar-refractivity contribution in [3.63, 3.8) is 0 Å². The first-order valence-electron chi connectivity index (χ1n) is 5.58. The Balaban J connectivity index is 2.77. The van der Waals surface area contributed by atoms with E-state index in [0.717, 1.165) is 6.42 Å². The molecule has 16 heavy (non-hydrogen) atoms. The van der Waals surface area contributed by atoms with Crippen LogP contribution in [0.3, 0.4) is 0 Å². The van der Waals surface area contributed by atoms with Gasteiger partial charge in [-0.15, -0.1) is 0 Å². The Labute approximate surface area is 95.1 Å². The highest BCUT2D eigenvalue weighted by atomic mass is 19.1. The molecule has 0 saturated carbocycles. The summed E-state index contributed by atoms with van der Waals surface area (Å²) in [7, 11) is 0. The SMILES string of the molecule is CC(C)CC(CO)Cc1c(F)cccc1F. The largest absolute Gasteiger partial charge is 0.396 e. The van der Waals surface area contributed by atoms with Gasteiger partial charge in [-0.1, -0.05) is 19.9 Å². The Kier molecular flexibility index (Phi) is 4.87. The van der Waals surface area contributed by atoms with Gasteiger partial charge in [-0.05, 0) is 36.8 Å². The van der Waals surface area contributed by atoms with Gasteiger partial charge in [0, 0.05) is 12.2 Å². The van der Waals surface area contributed by atoms with Gasteiger partial charge in [0.05, 0.1) is 0 Å². The van der Waals surface area contributed by atoms with E-state index in [-0.39, 0.29) is 24.5 Å². The van der Waals surface area contributed by atoms with Gasteiger partial charge in [0.15, 0.2) is 0 Å². The number of benzene rings is 1. The molecule has 1 aromatic rings. The van der Waals surface area contributed by atoms with Gasteiger partial charge in [-0.2, -0.15) is 0 Å². The highest BCUT2D eigenvalue weighted by Gasteiger charge is 2.16. The minimum Gasteiger partial charge on any atom is -0.396 e. The van der Waals surface area contributed by atoms with Crippen LogP contribution in [0.1, 0.15) is 25.8 Å². The van der Waals surface area contributed by atoms with Crippen molar-refractivity contribution in [2.45, 2.75) is 26.7 Å². The molecule has 1 unspecified atom stereocenters. The van der Waals surface area contributed by atoms with Gasteiger partial charge in [-0.25, -0.2) is 8.78 Å². The molecule has 0 aliphatic heterocycles. The summed E-state index contributed by atoms with van der Waals surface area (Å²) in [5.41, 5.74) is 0.0854. The lowest BCUT2D eigenvalue weighted by atomic mass is 9.91. The lowest BCUT2D eigenvalue weighted by molar-refractivity contribution is 0.203. The summed E-state index contributed by atoms with van der Waals surface area (Å²) in [6, 6.07) is 3.86. The quantitative estimate of drug-likeness (QED) is 0.820. The van der Waals surface area contributed by atoms with Crippen molar-refractivity contribution < 1.29 is 13.9 Å². The van der Waals surface area contributed by atoms with Crippen LogP contribution in [0, 0.1) is 23.5 Å². The molecule has 0 amide bonds. The lowest BCUT2D eigenvalue weighted by Crippen LogP contribution is -2.14. The number of aliphatic hydroxyl groups excluding tert-OH is 1. The molecule has 0 heterocycles. The van der Waals surface area contributed by atoms with Crippen LogP contribution < -0.4 is 0 Å². The Morgan fingerprint density at radius 2 is 1.75 bits per heavy atom. The van der Waals surface area contributed by atoms with E-state index in [0.29, 0.717) is 5.92 Å². The molecule has 0 aliphatic carbocycles. The maximum atomic E-state index is 13.4. The van der Waals surface area contributed by atoms with Gasteiger partial charge in [-0.3, -0.25) is 0 Å². The molecule has 1 nitrogen and oxygen atoms in total. The topological polar surface area (TPSA) is 20.2 Å². The minimum atomic E-state index is -0.526. The second-order valence-corrected chi connectivity index (χ2v) is 4.58. The maximum absolute atomic E-state index is 13.4. The molecule has 0 aliphatic rings. The average molecular weight is 228 g/mol. The van der Waals surface area contributed by atoms with E-state index in [1.807, 2.05) is 13.8 Å². The summed E-state index contributed by atoms with van der Waals surface area (Å²) < 4.78 is 26.7. The summed E-state index contributed by atoms with van der Waals surface area (Å²) in [4.78, 5) is 0. The van der Waals surface area contributed by atoms with E-state index in [4.69, 9.17) is 0 Å². The molecule has 1 N–H and O–H groups in total. The minimum absolute atomic E-state index is 0.0358. The van der Waals surface area contributed by atoms with Crippen molar-refractivity contribution in [3.05, 3.63) is 35.4 Å². The third-order valence-electron chi connectivity index (χ3n) is 2.62. The van der Waals surface area contributed by atoms with Crippen LogP contribution in [0.4, 0.5) is 8.78 Å². The van der Waals surface area contributed by atoms with E-state index >= 15 is 0 Å². The molecule has 1 rings (SSSR count). The molecule has 3 heteroatoms. The third kappa shape index (κ3) is 3.56. The Morgan fingerprint density at radius 3 is 2.19 bits per heavy atom.